The maximum atomic E-state index is 6.48. The Bertz CT molecular complexity index is 1170. The molecule has 0 fully saturated rings. The molecule has 4 aromatic rings. The number of nitrogens with zero attached hydrogens (tertiary/aromatic N) is 1. The number of hydrogen-bond acceptors (Lipinski definition) is 2. The Hall–Kier alpha value is -4.04. The molecule has 0 atom stereocenters. The number of rotatable bonds is 4. The van der Waals surface area contributed by atoms with Crippen LogP contribution < -0.4 is 10.6 Å². The zero-order valence-corrected chi connectivity index (χ0v) is 17.2. The third-order valence-corrected chi connectivity index (χ3v) is 5.66. The number of anilines is 2. The molecule has 0 aromatic heterocycles. The SMILES string of the molecule is Nc1ccccc1N1C(c2ccccc2)=CC(c2ccccc2)C=C1c1ccccc1. The number of para-hydroxylation sites is 2. The first-order valence-electron chi connectivity index (χ1n) is 10.6. The van der Waals surface area contributed by atoms with E-state index in [0.717, 1.165) is 33.9 Å². The molecule has 0 unspecified atom stereocenters. The van der Waals surface area contributed by atoms with E-state index in [1.807, 2.05) is 18.2 Å². The largest absolute Gasteiger partial charge is 0.397 e. The lowest BCUT2D eigenvalue weighted by Crippen LogP contribution is -2.25. The Morgan fingerprint density at radius 2 is 0.968 bits per heavy atom. The van der Waals surface area contributed by atoms with Gasteiger partial charge >= 0.3 is 0 Å². The van der Waals surface area contributed by atoms with E-state index in [4.69, 9.17) is 5.73 Å². The summed E-state index contributed by atoms with van der Waals surface area (Å²) in [5, 5.41) is 0. The predicted octanol–water partition coefficient (Wildman–Crippen LogP) is 6.95. The zero-order valence-electron chi connectivity index (χ0n) is 17.2. The van der Waals surface area contributed by atoms with Crippen molar-refractivity contribution >= 4 is 22.8 Å². The van der Waals surface area contributed by atoms with Gasteiger partial charge < -0.3 is 10.6 Å². The molecule has 5 rings (SSSR count). The molecule has 0 aliphatic carbocycles. The predicted molar refractivity (Wildman–Crippen MR) is 131 cm³/mol. The van der Waals surface area contributed by atoms with Crippen LogP contribution in [-0.2, 0) is 0 Å². The lowest BCUT2D eigenvalue weighted by molar-refractivity contribution is 1.05. The fourth-order valence-electron chi connectivity index (χ4n) is 4.15. The van der Waals surface area contributed by atoms with Gasteiger partial charge in [0.15, 0.2) is 0 Å². The highest BCUT2D eigenvalue weighted by Gasteiger charge is 2.27. The molecule has 2 nitrogen and oxygen atoms in total. The van der Waals surface area contributed by atoms with Crippen LogP contribution in [0.15, 0.2) is 127 Å². The molecule has 1 heterocycles. The van der Waals surface area contributed by atoms with E-state index < -0.39 is 0 Å². The summed E-state index contributed by atoms with van der Waals surface area (Å²) in [4.78, 5) is 2.29. The lowest BCUT2D eigenvalue weighted by Gasteiger charge is -2.36. The van der Waals surface area contributed by atoms with Crippen molar-refractivity contribution in [2.24, 2.45) is 0 Å². The first-order chi connectivity index (χ1) is 15.3. The summed E-state index contributed by atoms with van der Waals surface area (Å²) in [5.41, 5.74) is 14.1. The van der Waals surface area contributed by atoms with Gasteiger partial charge in [-0.25, -0.2) is 0 Å². The average Bonchev–Trinajstić information content (AvgIpc) is 2.85. The van der Waals surface area contributed by atoms with Crippen LogP contribution in [0.2, 0.25) is 0 Å². The second-order valence-corrected chi connectivity index (χ2v) is 7.67. The summed E-state index contributed by atoms with van der Waals surface area (Å²) >= 11 is 0. The van der Waals surface area contributed by atoms with Crippen molar-refractivity contribution in [1.29, 1.82) is 0 Å². The van der Waals surface area contributed by atoms with Gasteiger partial charge in [0.05, 0.1) is 22.8 Å². The summed E-state index contributed by atoms with van der Waals surface area (Å²) in [6.07, 6.45) is 4.67. The Morgan fingerprint density at radius 3 is 1.48 bits per heavy atom. The maximum absolute atomic E-state index is 6.48. The van der Waals surface area contributed by atoms with Crippen molar-refractivity contribution < 1.29 is 0 Å². The quantitative estimate of drug-likeness (QED) is 0.375. The molecule has 0 radical (unpaired) electrons. The van der Waals surface area contributed by atoms with Crippen molar-refractivity contribution in [3.63, 3.8) is 0 Å². The Labute approximate surface area is 183 Å². The Kier molecular flexibility index (Phi) is 5.12. The summed E-state index contributed by atoms with van der Waals surface area (Å²) in [7, 11) is 0. The van der Waals surface area contributed by atoms with Crippen molar-refractivity contribution in [1.82, 2.24) is 0 Å². The van der Waals surface area contributed by atoms with E-state index in [0.29, 0.717) is 0 Å². The van der Waals surface area contributed by atoms with Crippen LogP contribution in [0.1, 0.15) is 22.6 Å². The minimum Gasteiger partial charge on any atom is -0.397 e. The molecule has 2 heteroatoms. The average molecular weight is 401 g/mol. The van der Waals surface area contributed by atoms with E-state index in [1.54, 1.807) is 0 Å². The van der Waals surface area contributed by atoms with Crippen LogP contribution in [0.5, 0.6) is 0 Å². The summed E-state index contributed by atoms with van der Waals surface area (Å²) in [6.45, 7) is 0. The normalized spacial score (nSPS) is 14.1. The standard InChI is InChI=1S/C29H24N2/c30-26-18-10-11-19-27(26)31-28(23-14-6-2-7-15-23)20-25(22-12-4-1-5-13-22)21-29(31)24-16-8-3-9-17-24/h1-21,25H,30H2. The topological polar surface area (TPSA) is 29.3 Å². The zero-order chi connectivity index (χ0) is 21.0. The van der Waals surface area contributed by atoms with Crippen LogP contribution >= 0.6 is 0 Å². The van der Waals surface area contributed by atoms with Gasteiger partial charge in [0.25, 0.3) is 0 Å². The molecule has 0 bridgehead atoms. The Balaban J connectivity index is 1.76. The molecule has 0 amide bonds. The highest BCUT2D eigenvalue weighted by Crippen LogP contribution is 2.43. The first-order valence-corrected chi connectivity index (χ1v) is 10.6. The summed E-state index contributed by atoms with van der Waals surface area (Å²) < 4.78 is 0. The molecule has 2 N–H and O–H groups in total. The van der Waals surface area contributed by atoms with Crippen LogP contribution in [0.4, 0.5) is 11.4 Å². The fraction of sp³-hybridized carbons (Fsp3) is 0.0345. The van der Waals surface area contributed by atoms with Crippen molar-refractivity contribution in [2.45, 2.75) is 5.92 Å². The van der Waals surface area contributed by atoms with Crippen molar-refractivity contribution in [2.75, 3.05) is 10.6 Å². The van der Waals surface area contributed by atoms with Crippen LogP contribution in [-0.4, -0.2) is 0 Å². The summed E-state index contributed by atoms with van der Waals surface area (Å²) in [6, 6.07) is 39.8. The smallest absolute Gasteiger partial charge is 0.0691 e. The fourth-order valence-corrected chi connectivity index (χ4v) is 4.15. The molecular formula is C29H24N2. The van der Waals surface area contributed by atoms with E-state index in [1.165, 1.54) is 5.56 Å². The number of nitrogens with two attached hydrogens (primary N) is 1. The van der Waals surface area contributed by atoms with E-state index in [-0.39, 0.29) is 5.92 Å². The minimum atomic E-state index is 0.160. The number of allylic oxidation sites excluding steroid dienone is 2. The Morgan fingerprint density at radius 1 is 0.516 bits per heavy atom. The van der Waals surface area contributed by atoms with Gasteiger partial charge in [-0.2, -0.15) is 0 Å². The third-order valence-electron chi connectivity index (χ3n) is 5.66. The molecule has 0 saturated carbocycles. The van der Waals surface area contributed by atoms with Gasteiger partial charge in [0.1, 0.15) is 0 Å². The number of hydrogen-bond donors (Lipinski definition) is 1. The van der Waals surface area contributed by atoms with Gasteiger partial charge in [-0.05, 0) is 41.0 Å². The second-order valence-electron chi connectivity index (χ2n) is 7.67. The van der Waals surface area contributed by atoms with Crippen molar-refractivity contribution in [3.05, 3.63) is 144 Å². The van der Waals surface area contributed by atoms with Gasteiger partial charge in [-0.1, -0.05) is 103 Å². The molecule has 0 saturated heterocycles. The first kappa shape index (κ1) is 19.0. The van der Waals surface area contributed by atoms with Gasteiger partial charge in [-0.3, -0.25) is 0 Å². The van der Waals surface area contributed by atoms with Gasteiger partial charge in [0, 0.05) is 5.92 Å². The van der Waals surface area contributed by atoms with E-state index in [9.17, 15) is 0 Å². The highest BCUT2D eigenvalue weighted by atomic mass is 15.2. The number of benzene rings is 4. The number of nitrogen functional groups attached to an aromatic ring is 1. The third kappa shape index (κ3) is 3.76. The lowest BCUT2D eigenvalue weighted by atomic mass is 9.89. The molecule has 0 spiro atoms. The molecule has 150 valence electrons. The molecular weight excluding hydrogens is 376 g/mol. The monoisotopic (exact) mass is 400 g/mol. The maximum Gasteiger partial charge on any atom is 0.0691 e. The summed E-state index contributed by atoms with van der Waals surface area (Å²) in [5.74, 6) is 0.160. The van der Waals surface area contributed by atoms with Crippen LogP contribution in [0, 0.1) is 0 Å². The molecule has 4 aromatic carbocycles. The molecule has 31 heavy (non-hydrogen) atoms. The van der Waals surface area contributed by atoms with Crippen LogP contribution in [0.25, 0.3) is 11.4 Å². The van der Waals surface area contributed by atoms with Gasteiger partial charge in [0.2, 0.25) is 0 Å². The highest BCUT2D eigenvalue weighted by molar-refractivity contribution is 6.00. The molecule has 1 aliphatic rings. The van der Waals surface area contributed by atoms with Crippen LogP contribution in [0.3, 0.4) is 0 Å². The molecule has 1 aliphatic heterocycles. The van der Waals surface area contributed by atoms with Gasteiger partial charge in [-0.15, -0.1) is 0 Å². The van der Waals surface area contributed by atoms with E-state index >= 15 is 0 Å². The second kappa shape index (κ2) is 8.37. The van der Waals surface area contributed by atoms with Crippen molar-refractivity contribution in [3.8, 4) is 0 Å². The minimum absolute atomic E-state index is 0.160. The van der Waals surface area contributed by atoms with E-state index in [2.05, 4.69) is 114 Å².